The topological polar surface area (TPSA) is 90.4 Å². The van der Waals surface area contributed by atoms with Gasteiger partial charge in [0, 0.05) is 25.7 Å². The second-order valence-corrected chi connectivity index (χ2v) is 12.4. The van der Waals surface area contributed by atoms with Gasteiger partial charge < -0.3 is 24.5 Å². The SMILES string of the molecule is C=CCN(Cc1ccccc1)C(=O)[C@H]1[C@H]2C(=O)N([C@H](CO)c3ccccc3)C(C(=O)N(CC=C)C(C)C)C23CC[C@]1(C)O3. The van der Waals surface area contributed by atoms with Gasteiger partial charge in [-0.1, -0.05) is 72.8 Å². The van der Waals surface area contributed by atoms with Crippen LogP contribution in [0.25, 0.3) is 0 Å². The Morgan fingerprint density at radius 2 is 1.65 bits per heavy atom. The number of aliphatic hydroxyl groups excluding tert-OH is 1. The number of aliphatic hydroxyl groups is 1. The molecule has 0 aliphatic carbocycles. The van der Waals surface area contributed by atoms with E-state index in [4.69, 9.17) is 4.74 Å². The van der Waals surface area contributed by atoms with E-state index in [9.17, 15) is 19.5 Å². The largest absolute Gasteiger partial charge is 0.394 e. The summed E-state index contributed by atoms with van der Waals surface area (Å²) in [5, 5.41) is 10.7. The van der Waals surface area contributed by atoms with Gasteiger partial charge in [0.05, 0.1) is 30.1 Å². The highest BCUT2D eigenvalue weighted by Crippen LogP contribution is 2.64. The third kappa shape index (κ3) is 5.10. The highest BCUT2D eigenvalue weighted by molar-refractivity contribution is 5.99. The smallest absolute Gasteiger partial charge is 0.248 e. The van der Waals surface area contributed by atoms with Gasteiger partial charge in [-0.15, -0.1) is 13.2 Å². The lowest BCUT2D eigenvalue weighted by atomic mass is 9.66. The van der Waals surface area contributed by atoms with Crippen molar-refractivity contribution < 1.29 is 24.2 Å². The van der Waals surface area contributed by atoms with Crippen LogP contribution in [0.3, 0.4) is 0 Å². The van der Waals surface area contributed by atoms with E-state index in [2.05, 4.69) is 13.2 Å². The van der Waals surface area contributed by atoms with E-state index in [0.29, 0.717) is 38.0 Å². The van der Waals surface area contributed by atoms with Crippen LogP contribution in [0.15, 0.2) is 86.0 Å². The summed E-state index contributed by atoms with van der Waals surface area (Å²) in [7, 11) is 0. The lowest BCUT2D eigenvalue weighted by Crippen LogP contribution is -2.58. The zero-order valence-electron chi connectivity index (χ0n) is 25.4. The Morgan fingerprint density at radius 1 is 1.02 bits per heavy atom. The fourth-order valence-corrected chi connectivity index (χ4v) is 7.62. The summed E-state index contributed by atoms with van der Waals surface area (Å²) in [6.45, 7) is 14.1. The second-order valence-electron chi connectivity index (χ2n) is 12.4. The molecule has 2 bridgehead atoms. The van der Waals surface area contributed by atoms with Crippen molar-refractivity contribution in [1.82, 2.24) is 14.7 Å². The Hall–Kier alpha value is -3.75. The number of likely N-dealkylation sites (tertiary alicyclic amines) is 1. The molecule has 3 amide bonds. The maximum atomic E-state index is 14.8. The van der Waals surface area contributed by atoms with Crippen LogP contribution in [0.2, 0.25) is 0 Å². The second kappa shape index (κ2) is 12.1. The molecule has 1 N–H and O–H groups in total. The molecule has 3 aliphatic rings. The Kier molecular flexibility index (Phi) is 8.63. The van der Waals surface area contributed by atoms with E-state index in [1.807, 2.05) is 81.4 Å². The zero-order valence-corrected chi connectivity index (χ0v) is 25.4. The Balaban J connectivity index is 1.62. The Morgan fingerprint density at radius 3 is 2.23 bits per heavy atom. The molecule has 2 unspecified atom stereocenters. The van der Waals surface area contributed by atoms with Crippen LogP contribution in [0.5, 0.6) is 0 Å². The molecular formula is C35H43N3O5. The van der Waals surface area contributed by atoms with Crippen LogP contribution >= 0.6 is 0 Å². The van der Waals surface area contributed by atoms with Gasteiger partial charge in [0.25, 0.3) is 0 Å². The number of hydrogen-bond donors (Lipinski definition) is 1. The van der Waals surface area contributed by atoms with Crippen molar-refractivity contribution in [2.75, 3.05) is 19.7 Å². The number of carbonyl (C=O) groups excluding carboxylic acids is 3. The van der Waals surface area contributed by atoms with Crippen LogP contribution in [0.4, 0.5) is 0 Å². The molecule has 2 aromatic carbocycles. The number of nitrogens with zero attached hydrogens (tertiary/aromatic N) is 3. The van der Waals surface area contributed by atoms with Gasteiger partial charge in [0.1, 0.15) is 11.6 Å². The predicted octanol–water partition coefficient (Wildman–Crippen LogP) is 4.12. The Labute approximate surface area is 254 Å². The molecule has 3 fully saturated rings. The minimum Gasteiger partial charge on any atom is -0.394 e. The number of fused-ring (bicyclic) bond motifs is 1. The average molecular weight is 586 g/mol. The Bertz CT molecular complexity index is 1360. The number of hydrogen-bond acceptors (Lipinski definition) is 5. The third-order valence-electron chi connectivity index (χ3n) is 9.52. The monoisotopic (exact) mass is 585 g/mol. The summed E-state index contributed by atoms with van der Waals surface area (Å²) in [5.41, 5.74) is -0.434. The van der Waals surface area contributed by atoms with Gasteiger partial charge in [-0.2, -0.15) is 0 Å². The number of carbonyl (C=O) groups is 3. The van der Waals surface area contributed by atoms with Crippen LogP contribution in [-0.2, 0) is 25.7 Å². The van der Waals surface area contributed by atoms with Crippen molar-refractivity contribution >= 4 is 17.7 Å². The summed E-state index contributed by atoms with van der Waals surface area (Å²) < 4.78 is 6.87. The average Bonchev–Trinajstić information content (AvgIpc) is 3.57. The molecule has 228 valence electrons. The summed E-state index contributed by atoms with van der Waals surface area (Å²) in [4.78, 5) is 48.8. The molecule has 1 spiro atoms. The van der Waals surface area contributed by atoms with E-state index in [1.165, 1.54) is 4.90 Å². The van der Waals surface area contributed by atoms with E-state index in [-0.39, 0.29) is 30.4 Å². The molecule has 0 saturated carbocycles. The van der Waals surface area contributed by atoms with Crippen LogP contribution in [-0.4, -0.2) is 80.5 Å². The molecule has 3 aliphatic heterocycles. The predicted molar refractivity (Wildman–Crippen MR) is 164 cm³/mol. The van der Waals surface area contributed by atoms with Crippen molar-refractivity contribution in [2.45, 2.75) is 69.5 Å². The molecule has 3 heterocycles. The van der Waals surface area contributed by atoms with Crippen LogP contribution in [0.1, 0.15) is 50.8 Å². The number of ether oxygens (including phenoxy) is 1. The minimum absolute atomic E-state index is 0.164. The summed E-state index contributed by atoms with van der Waals surface area (Å²) in [6, 6.07) is 17.0. The van der Waals surface area contributed by atoms with Gasteiger partial charge in [0.2, 0.25) is 17.7 Å². The lowest BCUT2D eigenvalue weighted by Gasteiger charge is -2.40. The standard InChI is InChI=1S/C35H43N3O5/c1-6-20-36(22-25-14-10-8-11-15-25)31(40)28-29-32(41)38(27(23-39)26-16-12-9-13-17-26)30(33(42)37(21-7-2)24(3)4)35(29)19-18-34(28,5)43-35/h6-17,24,27-30,39H,1-2,18-23H2,3-5H3/t27-,28-,29+,30?,34+,35?/m1/s1. The van der Waals surface area contributed by atoms with E-state index in [1.54, 1.807) is 22.0 Å². The highest BCUT2D eigenvalue weighted by atomic mass is 16.5. The first kappa shape index (κ1) is 30.7. The fraction of sp³-hybridized carbons (Fsp3) is 0.457. The maximum Gasteiger partial charge on any atom is 0.248 e. The third-order valence-corrected chi connectivity index (χ3v) is 9.52. The molecule has 0 radical (unpaired) electrons. The lowest BCUT2D eigenvalue weighted by molar-refractivity contribution is -0.157. The summed E-state index contributed by atoms with van der Waals surface area (Å²) in [6.07, 6.45) is 4.36. The molecule has 6 atom stereocenters. The minimum atomic E-state index is -1.20. The van der Waals surface area contributed by atoms with Gasteiger partial charge in [-0.05, 0) is 44.7 Å². The molecule has 8 heteroatoms. The van der Waals surface area contributed by atoms with Crippen molar-refractivity contribution in [3.05, 3.63) is 97.1 Å². The molecule has 2 aromatic rings. The quantitative estimate of drug-likeness (QED) is 0.379. The summed E-state index contributed by atoms with van der Waals surface area (Å²) in [5.74, 6) is -2.44. The maximum absolute atomic E-state index is 14.8. The molecule has 3 saturated heterocycles. The zero-order chi connectivity index (χ0) is 30.9. The van der Waals surface area contributed by atoms with Crippen molar-refractivity contribution in [3.8, 4) is 0 Å². The molecule has 43 heavy (non-hydrogen) atoms. The van der Waals surface area contributed by atoms with E-state index >= 15 is 0 Å². The molecule has 5 rings (SSSR count). The highest BCUT2D eigenvalue weighted by Gasteiger charge is 2.79. The van der Waals surface area contributed by atoms with E-state index in [0.717, 1.165) is 5.56 Å². The van der Waals surface area contributed by atoms with Crippen molar-refractivity contribution in [1.29, 1.82) is 0 Å². The first-order valence-corrected chi connectivity index (χ1v) is 15.2. The van der Waals surface area contributed by atoms with Crippen molar-refractivity contribution in [2.24, 2.45) is 11.8 Å². The first-order chi connectivity index (χ1) is 20.6. The van der Waals surface area contributed by atoms with Gasteiger partial charge in [-0.3, -0.25) is 14.4 Å². The van der Waals surface area contributed by atoms with Crippen LogP contribution in [0, 0.1) is 11.8 Å². The normalized spacial score (nSPS) is 28.1. The number of amides is 3. The van der Waals surface area contributed by atoms with Crippen molar-refractivity contribution in [3.63, 3.8) is 0 Å². The van der Waals surface area contributed by atoms with Crippen LogP contribution < -0.4 is 0 Å². The molecule has 8 nitrogen and oxygen atoms in total. The van der Waals surface area contributed by atoms with Gasteiger partial charge >= 0.3 is 0 Å². The number of benzene rings is 2. The fourth-order valence-electron chi connectivity index (χ4n) is 7.62. The number of rotatable bonds is 12. The summed E-state index contributed by atoms with van der Waals surface area (Å²) >= 11 is 0. The molecule has 0 aromatic heterocycles. The van der Waals surface area contributed by atoms with Gasteiger partial charge in [-0.25, -0.2) is 0 Å². The van der Waals surface area contributed by atoms with E-state index < -0.39 is 35.1 Å². The molecular weight excluding hydrogens is 542 g/mol. The first-order valence-electron chi connectivity index (χ1n) is 15.2. The van der Waals surface area contributed by atoms with Gasteiger partial charge in [0.15, 0.2) is 0 Å².